The van der Waals surface area contributed by atoms with Gasteiger partial charge in [-0.15, -0.1) is 0 Å². The van der Waals surface area contributed by atoms with Gasteiger partial charge in [-0.25, -0.2) is 18.6 Å². The number of aromatic carboxylic acids is 1. The van der Waals surface area contributed by atoms with Gasteiger partial charge in [-0.2, -0.15) is 0 Å². The van der Waals surface area contributed by atoms with Crippen molar-refractivity contribution in [3.8, 4) is 0 Å². The molecule has 0 aliphatic carbocycles. The summed E-state index contributed by atoms with van der Waals surface area (Å²) >= 11 is 0. The fourth-order valence-corrected chi connectivity index (χ4v) is 1.17. The van der Waals surface area contributed by atoms with Crippen molar-refractivity contribution >= 4 is 11.7 Å². The average molecular weight is 217 g/mol. The summed E-state index contributed by atoms with van der Waals surface area (Å²) in [6.45, 7) is -0.256. The van der Waals surface area contributed by atoms with Crippen molar-refractivity contribution < 1.29 is 18.7 Å². The Morgan fingerprint density at radius 1 is 1.60 bits per heavy atom. The van der Waals surface area contributed by atoms with E-state index in [2.05, 4.69) is 4.98 Å². The Labute approximate surface area is 83.7 Å². The maximum atomic E-state index is 12.4. The number of carboxylic acids is 1. The number of carbonyl (C=O) groups is 1. The summed E-state index contributed by atoms with van der Waals surface area (Å²) in [6.07, 6.45) is -1.99. The Balaban J connectivity index is 3.39. The molecule has 0 aromatic carbocycles. The summed E-state index contributed by atoms with van der Waals surface area (Å²) in [5.74, 6) is -1.37. The van der Waals surface area contributed by atoms with Crippen LogP contribution in [0.2, 0.25) is 0 Å². The quantitative estimate of drug-likeness (QED) is 0.693. The molecule has 7 heteroatoms. The zero-order valence-corrected chi connectivity index (χ0v) is 7.58. The van der Waals surface area contributed by atoms with Crippen LogP contribution in [0.4, 0.5) is 14.5 Å². The first kappa shape index (κ1) is 11.3. The van der Waals surface area contributed by atoms with E-state index in [4.69, 9.17) is 16.6 Å². The van der Waals surface area contributed by atoms with Crippen molar-refractivity contribution in [1.82, 2.24) is 4.98 Å². The number of nitrogens with zero attached hydrogens (tertiary/aromatic N) is 1. The van der Waals surface area contributed by atoms with Crippen LogP contribution in [0.3, 0.4) is 0 Å². The highest BCUT2D eigenvalue weighted by atomic mass is 19.3. The number of carboxylic acid groups (broad SMARTS) is 1. The predicted octanol–water partition coefficient (Wildman–Crippen LogP) is 0.758. The number of hydrogen-bond donors (Lipinski definition) is 3. The van der Waals surface area contributed by atoms with Gasteiger partial charge in [-0.05, 0) is 0 Å². The van der Waals surface area contributed by atoms with Crippen LogP contribution in [0.15, 0.2) is 6.20 Å². The van der Waals surface area contributed by atoms with Gasteiger partial charge in [0.05, 0.1) is 5.69 Å². The molecule has 0 unspecified atom stereocenters. The summed E-state index contributed by atoms with van der Waals surface area (Å²) in [7, 11) is 0. The predicted molar refractivity (Wildman–Crippen MR) is 48.5 cm³/mol. The highest BCUT2D eigenvalue weighted by Crippen LogP contribution is 2.27. The lowest BCUT2D eigenvalue weighted by Gasteiger charge is -2.10. The summed E-state index contributed by atoms with van der Waals surface area (Å²) in [6, 6.07) is 0. The van der Waals surface area contributed by atoms with Crippen molar-refractivity contribution in [3.05, 3.63) is 23.0 Å². The molecule has 0 aliphatic heterocycles. The van der Waals surface area contributed by atoms with Gasteiger partial charge in [-0.3, -0.25) is 0 Å². The molecule has 0 saturated carbocycles. The maximum Gasteiger partial charge on any atom is 0.356 e. The van der Waals surface area contributed by atoms with Gasteiger partial charge in [0.1, 0.15) is 0 Å². The second-order valence-corrected chi connectivity index (χ2v) is 2.76. The number of alkyl halides is 2. The molecule has 1 heterocycles. The molecule has 0 spiro atoms. The average Bonchev–Trinajstić information content (AvgIpc) is 2.16. The zero-order chi connectivity index (χ0) is 11.6. The minimum Gasteiger partial charge on any atom is -0.476 e. The number of nitrogen functional groups attached to an aromatic ring is 1. The van der Waals surface area contributed by atoms with E-state index in [1.54, 1.807) is 0 Å². The molecule has 1 aromatic heterocycles. The van der Waals surface area contributed by atoms with Gasteiger partial charge in [0.25, 0.3) is 6.43 Å². The highest BCUT2D eigenvalue weighted by molar-refractivity contribution is 5.92. The van der Waals surface area contributed by atoms with Crippen LogP contribution in [0.1, 0.15) is 28.0 Å². The van der Waals surface area contributed by atoms with Gasteiger partial charge in [-0.1, -0.05) is 0 Å². The van der Waals surface area contributed by atoms with E-state index < -0.39 is 23.7 Å². The molecule has 0 saturated heterocycles. The first-order valence-electron chi connectivity index (χ1n) is 3.97. The molecule has 5 N–H and O–H groups in total. The summed E-state index contributed by atoms with van der Waals surface area (Å²) in [5, 5.41) is 8.64. The molecule has 1 aromatic rings. The van der Waals surface area contributed by atoms with E-state index in [-0.39, 0.29) is 17.8 Å². The molecular weight excluding hydrogens is 208 g/mol. The van der Waals surface area contributed by atoms with Gasteiger partial charge in [0.15, 0.2) is 5.69 Å². The first-order chi connectivity index (χ1) is 6.99. The second-order valence-electron chi connectivity index (χ2n) is 2.76. The smallest absolute Gasteiger partial charge is 0.356 e. The van der Waals surface area contributed by atoms with Crippen LogP contribution >= 0.6 is 0 Å². The van der Waals surface area contributed by atoms with Crippen molar-refractivity contribution in [2.24, 2.45) is 5.73 Å². The van der Waals surface area contributed by atoms with Crippen molar-refractivity contribution in [2.75, 3.05) is 5.73 Å². The van der Waals surface area contributed by atoms with Crippen molar-refractivity contribution in [3.63, 3.8) is 0 Å². The normalized spacial score (nSPS) is 10.7. The number of pyridine rings is 1. The summed E-state index contributed by atoms with van der Waals surface area (Å²) in [5.41, 5.74) is 9.34. The number of rotatable bonds is 3. The summed E-state index contributed by atoms with van der Waals surface area (Å²) in [4.78, 5) is 13.9. The standard InChI is InChI=1S/C8H9F2N3O2/c9-7(10)4-2-13-6(8(14)15)5(12)3(4)1-11/h2,7H,1,11-12H2,(H,14,15). The third-order valence-corrected chi connectivity index (χ3v) is 1.90. The fourth-order valence-electron chi connectivity index (χ4n) is 1.17. The number of nitrogens with two attached hydrogens (primary N) is 2. The lowest BCUT2D eigenvalue weighted by Crippen LogP contribution is -2.13. The Morgan fingerprint density at radius 3 is 2.60 bits per heavy atom. The molecule has 1 rings (SSSR count). The molecule has 82 valence electrons. The van der Waals surface area contributed by atoms with Crippen LogP contribution < -0.4 is 11.5 Å². The fraction of sp³-hybridized carbons (Fsp3) is 0.250. The van der Waals surface area contributed by atoms with Gasteiger partial charge in [0.2, 0.25) is 0 Å². The van der Waals surface area contributed by atoms with Crippen molar-refractivity contribution in [1.29, 1.82) is 0 Å². The zero-order valence-electron chi connectivity index (χ0n) is 7.58. The minimum atomic E-state index is -2.78. The third-order valence-electron chi connectivity index (χ3n) is 1.90. The molecule has 0 amide bonds. The number of halogens is 2. The van der Waals surface area contributed by atoms with Crippen LogP contribution in [-0.2, 0) is 6.54 Å². The lowest BCUT2D eigenvalue weighted by atomic mass is 10.1. The van der Waals surface area contributed by atoms with E-state index >= 15 is 0 Å². The Bertz CT molecular complexity index is 396. The number of aromatic nitrogens is 1. The van der Waals surface area contributed by atoms with Crippen LogP contribution in [-0.4, -0.2) is 16.1 Å². The molecule has 0 bridgehead atoms. The SMILES string of the molecule is NCc1c(C(F)F)cnc(C(=O)O)c1N. The molecule has 0 radical (unpaired) electrons. The third kappa shape index (κ3) is 2.01. The molecule has 5 nitrogen and oxygen atoms in total. The van der Waals surface area contributed by atoms with Gasteiger partial charge in [0, 0.05) is 23.9 Å². The molecule has 15 heavy (non-hydrogen) atoms. The molecule has 0 fully saturated rings. The van der Waals surface area contributed by atoms with E-state index in [1.807, 2.05) is 0 Å². The van der Waals surface area contributed by atoms with E-state index in [9.17, 15) is 13.6 Å². The van der Waals surface area contributed by atoms with Crippen LogP contribution in [0.5, 0.6) is 0 Å². The molecular formula is C8H9F2N3O2. The van der Waals surface area contributed by atoms with E-state index in [0.29, 0.717) is 0 Å². The first-order valence-corrected chi connectivity index (χ1v) is 3.97. The number of anilines is 1. The molecule has 0 aliphatic rings. The van der Waals surface area contributed by atoms with Crippen molar-refractivity contribution in [2.45, 2.75) is 13.0 Å². The largest absolute Gasteiger partial charge is 0.476 e. The second kappa shape index (κ2) is 4.18. The highest BCUT2D eigenvalue weighted by Gasteiger charge is 2.20. The summed E-state index contributed by atoms with van der Waals surface area (Å²) < 4.78 is 24.9. The Morgan fingerprint density at radius 2 is 2.20 bits per heavy atom. The number of hydrogen-bond acceptors (Lipinski definition) is 4. The lowest BCUT2D eigenvalue weighted by molar-refractivity contribution is 0.0691. The maximum absolute atomic E-state index is 12.4. The van der Waals surface area contributed by atoms with E-state index in [0.717, 1.165) is 6.20 Å². The topological polar surface area (TPSA) is 102 Å². The monoisotopic (exact) mass is 217 g/mol. The molecule has 0 atom stereocenters. The van der Waals surface area contributed by atoms with Gasteiger partial charge < -0.3 is 16.6 Å². The van der Waals surface area contributed by atoms with Crippen LogP contribution in [0, 0.1) is 0 Å². The van der Waals surface area contributed by atoms with Gasteiger partial charge >= 0.3 is 5.97 Å². The minimum absolute atomic E-state index is 0.0719. The Kier molecular flexibility index (Phi) is 3.15. The van der Waals surface area contributed by atoms with Crippen LogP contribution in [0.25, 0.3) is 0 Å². The van der Waals surface area contributed by atoms with E-state index in [1.165, 1.54) is 0 Å². The Hall–Kier alpha value is -1.76.